The largest absolute Gasteiger partial charge is 0.497 e. The third kappa shape index (κ3) is 5.64. The number of benzene rings is 3. The maximum Gasteiger partial charge on any atom is 0.341 e. The van der Waals surface area contributed by atoms with Gasteiger partial charge in [-0.05, 0) is 47.7 Å². The molecule has 6 nitrogen and oxygen atoms in total. The summed E-state index contributed by atoms with van der Waals surface area (Å²) in [6.07, 6.45) is 0.932. The van der Waals surface area contributed by atoms with E-state index < -0.39 is 24.0 Å². The maximum absolute atomic E-state index is 13.4. The molecule has 1 N–H and O–H groups in total. The van der Waals surface area contributed by atoms with E-state index in [9.17, 15) is 9.59 Å². The molecule has 0 radical (unpaired) electrons. The summed E-state index contributed by atoms with van der Waals surface area (Å²) in [5.41, 5.74) is 3.00. The van der Waals surface area contributed by atoms with Gasteiger partial charge in [0.05, 0.1) is 13.2 Å². The van der Waals surface area contributed by atoms with Crippen LogP contribution in [-0.2, 0) is 22.6 Å². The summed E-state index contributed by atoms with van der Waals surface area (Å²) in [6.45, 7) is 0.132. The smallest absolute Gasteiger partial charge is 0.341 e. The van der Waals surface area contributed by atoms with Crippen molar-refractivity contribution < 1.29 is 19.1 Å². The number of nitrogens with zero attached hydrogens (tertiary/aromatic N) is 1. The van der Waals surface area contributed by atoms with Gasteiger partial charge < -0.3 is 14.8 Å². The summed E-state index contributed by atoms with van der Waals surface area (Å²) in [7, 11) is 1.57. The Hall–Kier alpha value is -3.64. The molecule has 0 bridgehead atoms. The summed E-state index contributed by atoms with van der Waals surface area (Å²) in [5.74, 6) is -0.603. The number of aryl methyl sites for hydroxylation is 1. The molecule has 34 heavy (non-hydrogen) atoms. The van der Waals surface area contributed by atoms with E-state index >= 15 is 0 Å². The van der Waals surface area contributed by atoms with Gasteiger partial charge in [0.1, 0.15) is 18.3 Å². The number of esters is 1. The van der Waals surface area contributed by atoms with Crippen LogP contribution in [0.2, 0.25) is 5.02 Å². The number of urea groups is 1. The van der Waals surface area contributed by atoms with Gasteiger partial charge in [-0.25, -0.2) is 9.79 Å². The lowest BCUT2D eigenvalue weighted by atomic mass is 9.85. The second-order valence-electron chi connectivity index (χ2n) is 7.97. The molecule has 1 heterocycles. The Balaban J connectivity index is 1.63. The minimum Gasteiger partial charge on any atom is -0.497 e. The fourth-order valence-corrected chi connectivity index (χ4v) is 4.25. The monoisotopic (exact) mass is 476 g/mol. The molecule has 3 aromatic rings. The lowest BCUT2D eigenvalue weighted by molar-refractivity contribution is -0.148. The Morgan fingerprint density at radius 2 is 1.76 bits per heavy atom. The average Bonchev–Trinajstić information content (AvgIpc) is 2.87. The highest BCUT2D eigenvalue weighted by Crippen LogP contribution is 2.32. The number of amides is 2. The zero-order chi connectivity index (χ0) is 23.9. The molecule has 0 spiro atoms. The van der Waals surface area contributed by atoms with Crippen LogP contribution < -0.4 is 10.1 Å². The minimum atomic E-state index is -0.781. The average molecular weight is 477 g/mol. The molecular weight excluding hydrogens is 452 g/mol. The molecule has 0 fully saturated rings. The number of methoxy groups -OCH3 is 1. The SMILES string of the molecule is COc1cccc(C2NC(=O)N=C(CCc3ccccc3Cl)C2C(=O)OCc2ccccc2)c1. The molecule has 0 aromatic heterocycles. The molecule has 4 rings (SSSR count). The van der Waals surface area contributed by atoms with Crippen molar-refractivity contribution in [3.8, 4) is 5.75 Å². The molecule has 2 unspecified atom stereocenters. The number of nitrogens with one attached hydrogen (secondary N) is 1. The van der Waals surface area contributed by atoms with Gasteiger partial charge in [0.2, 0.25) is 0 Å². The van der Waals surface area contributed by atoms with Gasteiger partial charge >= 0.3 is 12.0 Å². The van der Waals surface area contributed by atoms with Crippen LogP contribution in [-0.4, -0.2) is 24.8 Å². The van der Waals surface area contributed by atoms with Crippen molar-refractivity contribution in [1.29, 1.82) is 0 Å². The summed E-state index contributed by atoms with van der Waals surface area (Å²) in [5, 5.41) is 3.48. The number of carbonyl (C=O) groups is 2. The fourth-order valence-electron chi connectivity index (χ4n) is 4.02. The summed E-state index contributed by atoms with van der Waals surface area (Å²) in [6, 6.07) is 23.1. The molecule has 1 aliphatic rings. The van der Waals surface area contributed by atoms with E-state index in [1.165, 1.54) is 0 Å². The van der Waals surface area contributed by atoms with E-state index in [0.29, 0.717) is 29.3 Å². The van der Waals surface area contributed by atoms with Crippen molar-refractivity contribution in [1.82, 2.24) is 5.32 Å². The zero-order valence-electron chi connectivity index (χ0n) is 18.7. The number of aliphatic imine (C=N–C) groups is 1. The van der Waals surface area contributed by atoms with E-state index in [0.717, 1.165) is 16.7 Å². The van der Waals surface area contributed by atoms with Gasteiger partial charge in [0.25, 0.3) is 0 Å². The van der Waals surface area contributed by atoms with Crippen molar-refractivity contribution in [3.05, 3.63) is 101 Å². The number of rotatable bonds is 8. The molecule has 7 heteroatoms. The zero-order valence-corrected chi connectivity index (χ0v) is 19.5. The molecule has 2 amide bonds. The molecule has 0 saturated carbocycles. The Morgan fingerprint density at radius 1 is 1.00 bits per heavy atom. The molecule has 0 aliphatic carbocycles. The first-order valence-corrected chi connectivity index (χ1v) is 11.4. The van der Waals surface area contributed by atoms with Crippen LogP contribution in [0, 0.1) is 5.92 Å². The lowest BCUT2D eigenvalue weighted by Crippen LogP contribution is -2.45. The second kappa shape index (κ2) is 11.0. The van der Waals surface area contributed by atoms with Crippen molar-refractivity contribution in [2.24, 2.45) is 10.9 Å². The Kier molecular flexibility index (Phi) is 7.60. The van der Waals surface area contributed by atoms with Crippen LogP contribution in [0.4, 0.5) is 4.79 Å². The molecule has 1 aliphatic heterocycles. The van der Waals surface area contributed by atoms with Crippen molar-refractivity contribution >= 4 is 29.3 Å². The van der Waals surface area contributed by atoms with Crippen LogP contribution in [0.1, 0.15) is 29.2 Å². The molecule has 0 saturated heterocycles. The Labute approximate surface area is 203 Å². The first-order valence-electron chi connectivity index (χ1n) is 11.0. The maximum atomic E-state index is 13.4. The Bertz CT molecular complexity index is 1200. The van der Waals surface area contributed by atoms with Gasteiger partial charge in [0.15, 0.2) is 0 Å². The third-order valence-corrected chi connectivity index (χ3v) is 6.12. The van der Waals surface area contributed by atoms with Crippen LogP contribution in [0.5, 0.6) is 5.75 Å². The van der Waals surface area contributed by atoms with E-state index in [1.807, 2.05) is 72.8 Å². The second-order valence-corrected chi connectivity index (χ2v) is 8.38. The lowest BCUT2D eigenvalue weighted by Gasteiger charge is -2.31. The molecular formula is C27H25ClN2O4. The van der Waals surface area contributed by atoms with Gasteiger partial charge in [-0.3, -0.25) is 4.79 Å². The number of carbonyl (C=O) groups excluding carboxylic acids is 2. The first-order chi connectivity index (χ1) is 16.5. The normalized spacial score (nSPS) is 17.5. The fraction of sp³-hybridized carbons (Fsp3) is 0.222. The summed E-state index contributed by atoms with van der Waals surface area (Å²) in [4.78, 5) is 30.1. The van der Waals surface area contributed by atoms with Crippen molar-refractivity contribution in [2.45, 2.75) is 25.5 Å². The topological polar surface area (TPSA) is 77.0 Å². The Morgan fingerprint density at radius 3 is 2.53 bits per heavy atom. The van der Waals surface area contributed by atoms with Crippen LogP contribution in [0.3, 0.4) is 0 Å². The number of hydrogen-bond donors (Lipinski definition) is 1. The van der Waals surface area contributed by atoms with Crippen LogP contribution in [0.15, 0.2) is 83.9 Å². The van der Waals surface area contributed by atoms with Gasteiger partial charge in [-0.2, -0.15) is 0 Å². The van der Waals surface area contributed by atoms with E-state index in [-0.39, 0.29) is 6.61 Å². The molecule has 174 valence electrons. The predicted octanol–water partition coefficient (Wildman–Crippen LogP) is 5.55. The van der Waals surface area contributed by atoms with E-state index in [4.69, 9.17) is 21.1 Å². The quantitative estimate of drug-likeness (QED) is 0.432. The van der Waals surface area contributed by atoms with Gasteiger partial charge in [-0.1, -0.05) is 72.3 Å². The van der Waals surface area contributed by atoms with E-state index in [1.54, 1.807) is 13.2 Å². The minimum absolute atomic E-state index is 0.132. The number of halogens is 1. The summed E-state index contributed by atoms with van der Waals surface area (Å²) >= 11 is 6.32. The number of ether oxygens (including phenoxy) is 2. The first kappa shape index (κ1) is 23.5. The molecule has 3 aromatic carbocycles. The van der Waals surface area contributed by atoms with E-state index in [2.05, 4.69) is 10.3 Å². The highest BCUT2D eigenvalue weighted by atomic mass is 35.5. The highest BCUT2D eigenvalue weighted by molar-refractivity contribution is 6.31. The number of hydrogen-bond acceptors (Lipinski definition) is 4. The highest BCUT2D eigenvalue weighted by Gasteiger charge is 2.39. The third-order valence-electron chi connectivity index (χ3n) is 5.76. The summed E-state index contributed by atoms with van der Waals surface area (Å²) < 4.78 is 11.0. The van der Waals surface area contributed by atoms with Crippen molar-refractivity contribution in [3.63, 3.8) is 0 Å². The van der Waals surface area contributed by atoms with Gasteiger partial charge in [0, 0.05) is 10.7 Å². The van der Waals surface area contributed by atoms with Crippen LogP contribution >= 0.6 is 11.6 Å². The predicted molar refractivity (Wildman–Crippen MR) is 131 cm³/mol. The standard InChI is InChI=1S/C27H25ClN2O4/c1-33-21-12-7-11-20(16-21)25-24(26(31)34-17-18-8-3-2-4-9-18)23(29-27(32)30-25)15-14-19-10-5-6-13-22(19)28/h2-13,16,24-25H,14-15,17H2,1H3,(H,30,32). The molecule has 2 atom stereocenters. The van der Waals surface area contributed by atoms with Gasteiger partial charge in [-0.15, -0.1) is 0 Å². The van der Waals surface area contributed by atoms with Crippen molar-refractivity contribution in [2.75, 3.05) is 7.11 Å². The van der Waals surface area contributed by atoms with Crippen LogP contribution in [0.25, 0.3) is 0 Å².